The zero-order valence-electron chi connectivity index (χ0n) is 8.65. The van der Waals surface area contributed by atoms with E-state index in [0.29, 0.717) is 18.7 Å². The molecule has 0 unspecified atom stereocenters. The second-order valence-corrected chi connectivity index (χ2v) is 3.70. The lowest BCUT2D eigenvalue weighted by atomic mass is 10.1. The van der Waals surface area contributed by atoms with Crippen molar-refractivity contribution in [1.29, 1.82) is 0 Å². The third-order valence-corrected chi connectivity index (χ3v) is 1.95. The summed E-state index contributed by atoms with van der Waals surface area (Å²) in [4.78, 5) is 2.93. The van der Waals surface area contributed by atoms with Crippen molar-refractivity contribution in [2.45, 2.75) is 20.3 Å². The number of hydrogen-bond donors (Lipinski definition) is 1. The number of anilines is 1. The monoisotopic (exact) mass is 218 g/mol. The molecule has 1 aromatic heterocycles. The highest BCUT2D eigenvalue weighted by atomic mass is 19.2. The first-order valence-corrected chi connectivity index (χ1v) is 4.75. The van der Waals surface area contributed by atoms with E-state index in [4.69, 9.17) is 0 Å². The third kappa shape index (κ3) is 3.11. The number of nitrogens with one attached hydrogen (secondary N) is 1. The lowest BCUT2D eigenvalue weighted by molar-refractivity contribution is 0.467. The predicted octanol–water partition coefficient (Wildman–Crippen LogP) is 2.96. The quantitative estimate of drug-likeness (QED) is 0.786. The van der Waals surface area contributed by atoms with Crippen LogP contribution in [0.3, 0.4) is 0 Å². The molecule has 1 aromatic rings. The highest BCUT2D eigenvalue weighted by Gasteiger charge is 2.14. The average Bonchev–Trinajstić information content (AvgIpc) is 2.17. The first kappa shape index (κ1) is 11.8. The minimum atomic E-state index is -1.29. The van der Waals surface area contributed by atoms with Gasteiger partial charge >= 0.3 is 0 Å². The molecule has 0 saturated carbocycles. The number of pyridine rings is 1. The molecule has 15 heavy (non-hydrogen) atoms. The van der Waals surface area contributed by atoms with Crippen LogP contribution in [-0.4, -0.2) is 11.5 Å². The van der Waals surface area contributed by atoms with E-state index in [1.165, 1.54) is 0 Å². The molecular formula is C10H13F3N2. The van der Waals surface area contributed by atoms with E-state index >= 15 is 0 Å². The van der Waals surface area contributed by atoms with Crippen LogP contribution in [0.15, 0.2) is 6.20 Å². The number of halogens is 3. The molecule has 0 aliphatic heterocycles. The highest BCUT2D eigenvalue weighted by molar-refractivity contribution is 5.44. The summed E-state index contributed by atoms with van der Waals surface area (Å²) in [5, 5.41) is 2.52. The van der Waals surface area contributed by atoms with Gasteiger partial charge < -0.3 is 5.32 Å². The molecule has 0 atom stereocenters. The summed E-state index contributed by atoms with van der Waals surface area (Å²) in [6.45, 7) is 4.37. The molecule has 1 rings (SSSR count). The van der Waals surface area contributed by atoms with Crippen LogP contribution in [0.25, 0.3) is 0 Å². The number of hydrogen-bond acceptors (Lipinski definition) is 2. The van der Waals surface area contributed by atoms with Crippen LogP contribution in [0.4, 0.5) is 18.9 Å². The first-order chi connectivity index (χ1) is 7.02. The van der Waals surface area contributed by atoms with Crippen LogP contribution in [0, 0.1) is 23.5 Å². The molecule has 5 heteroatoms. The lowest BCUT2D eigenvalue weighted by Crippen LogP contribution is -2.09. The summed E-state index contributed by atoms with van der Waals surface area (Å²) in [6.07, 6.45) is 1.42. The fourth-order valence-corrected chi connectivity index (χ4v) is 1.09. The van der Waals surface area contributed by atoms with Gasteiger partial charge in [-0.25, -0.2) is 9.37 Å². The summed E-state index contributed by atoms with van der Waals surface area (Å²) in [5.74, 6) is -3.02. The van der Waals surface area contributed by atoms with Gasteiger partial charge in [-0.1, -0.05) is 13.8 Å². The van der Waals surface area contributed by atoms with Gasteiger partial charge in [-0.15, -0.1) is 0 Å². The summed E-state index contributed by atoms with van der Waals surface area (Å²) >= 11 is 0. The van der Waals surface area contributed by atoms with Gasteiger partial charge in [0.1, 0.15) is 5.69 Å². The van der Waals surface area contributed by atoms with Gasteiger partial charge in [0.2, 0.25) is 5.82 Å². The summed E-state index contributed by atoms with van der Waals surface area (Å²) in [6, 6.07) is 0. The second-order valence-electron chi connectivity index (χ2n) is 3.70. The molecule has 0 spiro atoms. The Kier molecular flexibility index (Phi) is 3.94. The van der Waals surface area contributed by atoms with Crippen molar-refractivity contribution in [3.8, 4) is 0 Å². The third-order valence-electron chi connectivity index (χ3n) is 1.95. The smallest absolute Gasteiger partial charge is 0.251 e. The fourth-order valence-electron chi connectivity index (χ4n) is 1.09. The molecule has 2 nitrogen and oxygen atoms in total. The van der Waals surface area contributed by atoms with Crippen LogP contribution in [0.5, 0.6) is 0 Å². The molecule has 1 N–H and O–H groups in total. The maximum atomic E-state index is 13.0. The predicted molar refractivity (Wildman–Crippen MR) is 52.1 cm³/mol. The van der Waals surface area contributed by atoms with Gasteiger partial charge in [-0.3, -0.25) is 0 Å². The molecule has 0 aliphatic carbocycles. The Balaban J connectivity index is 2.71. The molecule has 0 aliphatic rings. The van der Waals surface area contributed by atoms with Crippen molar-refractivity contribution < 1.29 is 13.2 Å². The van der Waals surface area contributed by atoms with Gasteiger partial charge in [-0.2, -0.15) is 8.78 Å². The second kappa shape index (κ2) is 5.00. The number of nitrogens with zero attached hydrogens (tertiary/aromatic N) is 1. The van der Waals surface area contributed by atoms with Gasteiger partial charge in [0.25, 0.3) is 5.95 Å². The normalized spacial score (nSPS) is 10.8. The van der Waals surface area contributed by atoms with Gasteiger partial charge in [0.15, 0.2) is 5.82 Å². The molecule has 0 bridgehead atoms. The maximum Gasteiger partial charge on any atom is 0.251 e. The Morgan fingerprint density at radius 1 is 1.33 bits per heavy atom. The van der Waals surface area contributed by atoms with E-state index < -0.39 is 23.3 Å². The largest absolute Gasteiger partial charge is 0.380 e. The molecule has 0 aromatic carbocycles. The first-order valence-electron chi connectivity index (χ1n) is 4.75. The average molecular weight is 218 g/mol. The summed E-state index contributed by atoms with van der Waals surface area (Å²) in [7, 11) is 0. The van der Waals surface area contributed by atoms with Crippen molar-refractivity contribution in [2.75, 3.05) is 11.9 Å². The molecule has 0 amide bonds. The summed E-state index contributed by atoms with van der Waals surface area (Å²) < 4.78 is 38.7. The van der Waals surface area contributed by atoms with Crippen molar-refractivity contribution in [1.82, 2.24) is 4.98 Å². The fraction of sp³-hybridized carbons (Fsp3) is 0.500. The summed E-state index contributed by atoms with van der Waals surface area (Å²) in [5.41, 5.74) is -0.442. The van der Waals surface area contributed by atoms with Crippen LogP contribution >= 0.6 is 0 Å². The van der Waals surface area contributed by atoms with Crippen LogP contribution in [0.2, 0.25) is 0 Å². The van der Waals surface area contributed by atoms with Crippen molar-refractivity contribution in [3.05, 3.63) is 23.8 Å². The van der Waals surface area contributed by atoms with Crippen LogP contribution in [0.1, 0.15) is 20.3 Å². The zero-order chi connectivity index (χ0) is 11.4. The molecular weight excluding hydrogens is 205 g/mol. The zero-order valence-corrected chi connectivity index (χ0v) is 8.65. The van der Waals surface area contributed by atoms with E-state index in [0.717, 1.165) is 6.42 Å². The van der Waals surface area contributed by atoms with Crippen molar-refractivity contribution in [3.63, 3.8) is 0 Å². The lowest BCUT2D eigenvalue weighted by Gasteiger charge is -2.09. The van der Waals surface area contributed by atoms with E-state index in [9.17, 15) is 13.2 Å². The number of aromatic nitrogens is 1. The standard InChI is InChI=1S/C10H13F3N2/c1-6(2)3-4-14-9-7(11)5-15-10(13)8(9)12/h5-6H,3-4H2,1-2H3,(H,14,15). The molecule has 0 radical (unpaired) electrons. The Bertz CT molecular complexity index is 340. The Hall–Kier alpha value is -1.26. The molecule has 1 heterocycles. The SMILES string of the molecule is CC(C)CCNc1c(F)cnc(F)c1F. The highest BCUT2D eigenvalue weighted by Crippen LogP contribution is 2.19. The van der Waals surface area contributed by atoms with E-state index in [-0.39, 0.29) is 0 Å². The van der Waals surface area contributed by atoms with Crippen molar-refractivity contribution in [2.24, 2.45) is 5.92 Å². The van der Waals surface area contributed by atoms with E-state index in [1.54, 1.807) is 0 Å². The molecule has 0 fully saturated rings. The maximum absolute atomic E-state index is 13.0. The van der Waals surface area contributed by atoms with E-state index in [1.807, 2.05) is 13.8 Å². The topological polar surface area (TPSA) is 24.9 Å². The van der Waals surface area contributed by atoms with Gasteiger partial charge in [-0.05, 0) is 12.3 Å². The number of rotatable bonds is 4. The molecule has 0 saturated heterocycles. The minimum Gasteiger partial charge on any atom is -0.380 e. The Morgan fingerprint density at radius 3 is 2.60 bits per heavy atom. The Morgan fingerprint density at radius 2 is 2.00 bits per heavy atom. The van der Waals surface area contributed by atoms with Gasteiger partial charge in [0.05, 0.1) is 6.20 Å². The Labute approximate surface area is 86.5 Å². The molecule has 84 valence electrons. The van der Waals surface area contributed by atoms with Gasteiger partial charge in [0, 0.05) is 6.54 Å². The van der Waals surface area contributed by atoms with Crippen LogP contribution < -0.4 is 5.32 Å². The van der Waals surface area contributed by atoms with Crippen LogP contribution in [-0.2, 0) is 0 Å². The van der Waals surface area contributed by atoms with E-state index in [2.05, 4.69) is 10.3 Å². The van der Waals surface area contributed by atoms with Crippen molar-refractivity contribution >= 4 is 5.69 Å². The minimum absolute atomic E-state index is 0.398.